The third-order valence-corrected chi connectivity index (χ3v) is 3.83. The van der Waals surface area contributed by atoms with Crippen LogP contribution in [0.5, 0.6) is 0 Å². The van der Waals surface area contributed by atoms with Gasteiger partial charge in [-0.25, -0.2) is 4.98 Å². The maximum absolute atomic E-state index is 4.49. The summed E-state index contributed by atoms with van der Waals surface area (Å²) < 4.78 is 0. The summed E-state index contributed by atoms with van der Waals surface area (Å²) in [6.45, 7) is 6.38. The number of nitrogens with one attached hydrogen (secondary N) is 2. The van der Waals surface area contributed by atoms with Gasteiger partial charge in [0, 0.05) is 36.7 Å². The van der Waals surface area contributed by atoms with Crippen molar-refractivity contribution in [3.63, 3.8) is 0 Å². The van der Waals surface area contributed by atoms with Crippen LogP contribution in [0, 0.1) is 0 Å². The fourth-order valence-electron chi connectivity index (χ4n) is 2.40. The highest BCUT2D eigenvalue weighted by Gasteiger charge is 2.21. The lowest BCUT2D eigenvalue weighted by molar-refractivity contribution is 0.866. The van der Waals surface area contributed by atoms with Crippen LogP contribution < -0.4 is 15.5 Å². The van der Waals surface area contributed by atoms with E-state index in [1.807, 2.05) is 6.07 Å². The average Bonchev–Trinajstić information content (AvgIpc) is 3.34. The maximum Gasteiger partial charge on any atom is 0.224 e. The molecule has 3 rings (SSSR count). The van der Waals surface area contributed by atoms with E-state index in [4.69, 9.17) is 0 Å². The Morgan fingerprint density at radius 1 is 1.09 bits per heavy atom. The van der Waals surface area contributed by atoms with Gasteiger partial charge in [0.05, 0.1) is 0 Å². The van der Waals surface area contributed by atoms with Crippen LogP contribution in [0.2, 0.25) is 0 Å². The quantitative estimate of drug-likeness (QED) is 0.817. The van der Waals surface area contributed by atoms with Crippen molar-refractivity contribution in [1.82, 2.24) is 9.97 Å². The van der Waals surface area contributed by atoms with Crippen molar-refractivity contribution in [2.45, 2.75) is 32.7 Å². The van der Waals surface area contributed by atoms with Crippen LogP contribution in [0.15, 0.2) is 36.5 Å². The van der Waals surface area contributed by atoms with Crippen molar-refractivity contribution < 1.29 is 0 Å². The summed E-state index contributed by atoms with van der Waals surface area (Å²) in [7, 11) is 0. The summed E-state index contributed by atoms with van der Waals surface area (Å²) in [5.41, 5.74) is 2.28. The third kappa shape index (κ3) is 3.67. The van der Waals surface area contributed by atoms with Crippen LogP contribution in [0.25, 0.3) is 0 Å². The summed E-state index contributed by atoms with van der Waals surface area (Å²) in [6, 6.07) is 10.9. The number of hydrogen-bond donors (Lipinski definition) is 2. The molecule has 0 radical (unpaired) electrons. The van der Waals surface area contributed by atoms with Gasteiger partial charge < -0.3 is 15.5 Å². The van der Waals surface area contributed by atoms with Crippen LogP contribution in [0.3, 0.4) is 0 Å². The van der Waals surface area contributed by atoms with Gasteiger partial charge in [-0.3, -0.25) is 0 Å². The minimum absolute atomic E-state index is 0.559. The first-order valence-corrected chi connectivity index (χ1v) is 8.00. The highest BCUT2D eigenvalue weighted by molar-refractivity contribution is 5.61. The molecule has 1 heterocycles. The summed E-state index contributed by atoms with van der Waals surface area (Å²) in [4.78, 5) is 11.1. The third-order valence-electron chi connectivity index (χ3n) is 3.83. The molecule has 1 aliphatic carbocycles. The van der Waals surface area contributed by atoms with E-state index in [2.05, 4.69) is 63.6 Å². The summed E-state index contributed by atoms with van der Waals surface area (Å²) >= 11 is 0. The molecular formula is C17H23N5. The number of aromatic nitrogens is 2. The summed E-state index contributed by atoms with van der Waals surface area (Å²) in [6.07, 6.45) is 4.21. The number of anilines is 4. The van der Waals surface area contributed by atoms with Gasteiger partial charge in [-0.1, -0.05) is 0 Å². The van der Waals surface area contributed by atoms with Crippen molar-refractivity contribution in [2.75, 3.05) is 28.6 Å². The molecule has 1 aliphatic rings. The van der Waals surface area contributed by atoms with Crippen LogP contribution in [-0.4, -0.2) is 29.1 Å². The highest BCUT2D eigenvalue weighted by Crippen LogP contribution is 2.24. The fourth-order valence-corrected chi connectivity index (χ4v) is 2.40. The Bertz CT molecular complexity index is 603. The van der Waals surface area contributed by atoms with Gasteiger partial charge in [-0.05, 0) is 57.0 Å². The Hall–Kier alpha value is -2.30. The normalized spacial score (nSPS) is 13.7. The van der Waals surface area contributed by atoms with Gasteiger partial charge in [0.25, 0.3) is 0 Å². The second kappa shape index (κ2) is 6.64. The van der Waals surface area contributed by atoms with E-state index in [9.17, 15) is 0 Å². The molecule has 5 heteroatoms. The van der Waals surface area contributed by atoms with Crippen LogP contribution in [0.1, 0.15) is 26.7 Å². The van der Waals surface area contributed by atoms with Crippen molar-refractivity contribution >= 4 is 23.1 Å². The van der Waals surface area contributed by atoms with E-state index in [1.165, 1.54) is 18.5 Å². The predicted octanol–water partition coefficient (Wildman–Crippen LogP) is 3.64. The molecule has 2 N–H and O–H groups in total. The molecule has 0 spiro atoms. The lowest BCUT2D eigenvalue weighted by Crippen LogP contribution is -2.21. The lowest BCUT2D eigenvalue weighted by atomic mass is 10.2. The van der Waals surface area contributed by atoms with E-state index in [-0.39, 0.29) is 0 Å². The molecule has 1 saturated carbocycles. The lowest BCUT2D eigenvalue weighted by Gasteiger charge is -2.21. The fraction of sp³-hybridized carbons (Fsp3) is 0.412. The van der Waals surface area contributed by atoms with Crippen molar-refractivity contribution in [2.24, 2.45) is 0 Å². The smallest absolute Gasteiger partial charge is 0.224 e. The first-order chi connectivity index (χ1) is 10.8. The molecule has 116 valence electrons. The number of rotatable bonds is 7. The topological polar surface area (TPSA) is 53.1 Å². The Morgan fingerprint density at radius 3 is 2.45 bits per heavy atom. The first kappa shape index (κ1) is 14.6. The predicted molar refractivity (Wildman–Crippen MR) is 92.0 cm³/mol. The van der Waals surface area contributed by atoms with E-state index < -0.39 is 0 Å². The molecule has 1 aromatic heterocycles. The maximum atomic E-state index is 4.49. The second-order valence-corrected chi connectivity index (χ2v) is 5.53. The van der Waals surface area contributed by atoms with Crippen LogP contribution in [-0.2, 0) is 0 Å². The Labute approximate surface area is 131 Å². The standard InChI is InChI=1S/C17H23N5/c1-3-22(4-2)15-9-7-13(8-10-15)19-16-11-12-18-17(21-16)20-14-5-6-14/h7-12,14H,3-6H2,1-2H3,(H2,18,19,20,21). The second-order valence-electron chi connectivity index (χ2n) is 5.53. The number of benzene rings is 1. The van der Waals surface area contributed by atoms with Gasteiger partial charge in [0.15, 0.2) is 0 Å². The van der Waals surface area contributed by atoms with Crippen LogP contribution >= 0.6 is 0 Å². The van der Waals surface area contributed by atoms with Gasteiger partial charge in [-0.15, -0.1) is 0 Å². The van der Waals surface area contributed by atoms with Gasteiger partial charge in [0.2, 0.25) is 5.95 Å². The monoisotopic (exact) mass is 297 g/mol. The minimum atomic E-state index is 0.559. The van der Waals surface area contributed by atoms with E-state index in [0.717, 1.165) is 24.6 Å². The number of nitrogens with zero attached hydrogens (tertiary/aromatic N) is 3. The van der Waals surface area contributed by atoms with Crippen molar-refractivity contribution in [3.8, 4) is 0 Å². The molecule has 0 unspecified atom stereocenters. The molecule has 1 aromatic carbocycles. The zero-order valence-corrected chi connectivity index (χ0v) is 13.2. The largest absolute Gasteiger partial charge is 0.372 e. The molecule has 0 aliphatic heterocycles. The van der Waals surface area contributed by atoms with Gasteiger partial charge in [-0.2, -0.15) is 4.98 Å². The minimum Gasteiger partial charge on any atom is -0.372 e. The SMILES string of the molecule is CCN(CC)c1ccc(Nc2ccnc(NC3CC3)n2)cc1. The van der Waals surface area contributed by atoms with E-state index in [1.54, 1.807) is 6.20 Å². The molecule has 1 fully saturated rings. The molecule has 0 atom stereocenters. The van der Waals surface area contributed by atoms with E-state index in [0.29, 0.717) is 12.0 Å². The van der Waals surface area contributed by atoms with Crippen molar-refractivity contribution in [3.05, 3.63) is 36.5 Å². The van der Waals surface area contributed by atoms with Gasteiger partial charge >= 0.3 is 0 Å². The van der Waals surface area contributed by atoms with E-state index >= 15 is 0 Å². The Balaban J connectivity index is 1.67. The molecular weight excluding hydrogens is 274 g/mol. The Kier molecular flexibility index (Phi) is 4.42. The number of hydrogen-bond acceptors (Lipinski definition) is 5. The highest BCUT2D eigenvalue weighted by atomic mass is 15.2. The summed E-state index contributed by atoms with van der Waals surface area (Å²) in [5.74, 6) is 1.51. The Morgan fingerprint density at radius 2 is 1.82 bits per heavy atom. The zero-order chi connectivity index (χ0) is 15.4. The van der Waals surface area contributed by atoms with Crippen molar-refractivity contribution in [1.29, 1.82) is 0 Å². The molecule has 0 amide bonds. The molecule has 0 saturated heterocycles. The molecule has 22 heavy (non-hydrogen) atoms. The average molecular weight is 297 g/mol. The molecule has 0 bridgehead atoms. The molecule has 2 aromatic rings. The molecule has 5 nitrogen and oxygen atoms in total. The van der Waals surface area contributed by atoms with Crippen LogP contribution in [0.4, 0.5) is 23.1 Å². The zero-order valence-electron chi connectivity index (χ0n) is 13.2. The van der Waals surface area contributed by atoms with Gasteiger partial charge in [0.1, 0.15) is 5.82 Å². The summed E-state index contributed by atoms with van der Waals surface area (Å²) in [5, 5.41) is 6.64. The first-order valence-electron chi connectivity index (χ1n) is 8.00.